The number of aromatic nitrogens is 2. The molecule has 2 bridgehead atoms. The van der Waals surface area contributed by atoms with E-state index in [2.05, 4.69) is 26.9 Å². The maximum absolute atomic E-state index is 14.1. The Bertz CT molecular complexity index is 1940. The van der Waals surface area contributed by atoms with Crippen LogP contribution < -0.4 is 25.7 Å². The third-order valence-electron chi connectivity index (χ3n) is 10.7. The van der Waals surface area contributed by atoms with Crippen LogP contribution in [0.3, 0.4) is 0 Å². The van der Waals surface area contributed by atoms with Gasteiger partial charge in [-0.05, 0) is 76.0 Å². The third kappa shape index (κ3) is 8.80. The Hall–Kier alpha value is -4.18. The second-order valence-corrected chi connectivity index (χ2v) is 17.0. The van der Waals surface area contributed by atoms with Crippen molar-refractivity contribution in [2.24, 2.45) is 11.8 Å². The topological polar surface area (TPSA) is 195 Å². The van der Waals surface area contributed by atoms with E-state index in [-0.39, 0.29) is 36.6 Å². The SMILES string of the molecule is C=C[C@H](C)C(NC(=O)[C@@H]1C[C@@H]2CN1C(=O)[C@H](C)NC(=O)O[C@@H]1CCC[C@H]1CCCCCn1c(nc3cc(Cl)ccc3c1=O)O2)C(=O)NS(=O)(=O)C1CC1. The van der Waals surface area contributed by atoms with Crippen molar-refractivity contribution in [1.29, 1.82) is 0 Å². The first-order valence-corrected chi connectivity index (χ1v) is 20.3. The van der Waals surface area contributed by atoms with E-state index in [9.17, 15) is 32.4 Å². The average Bonchev–Trinajstić information content (AvgIpc) is 3.77. The van der Waals surface area contributed by atoms with E-state index in [0.717, 1.165) is 38.5 Å². The monoisotopic (exact) mass is 774 g/mol. The number of hydrogen-bond acceptors (Lipinski definition) is 10. The normalized spacial score (nSPS) is 26.8. The van der Waals surface area contributed by atoms with Gasteiger partial charge in [0.25, 0.3) is 17.5 Å². The van der Waals surface area contributed by atoms with Gasteiger partial charge in [-0.15, -0.1) is 6.58 Å². The number of alkyl carbamates (subject to hydrolysis) is 1. The van der Waals surface area contributed by atoms with E-state index >= 15 is 0 Å². The number of sulfonamides is 1. The van der Waals surface area contributed by atoms with Crippen molar-refractivity contribution in [3.05, 3.63) is 46.2 Å². The summed E-state index contributed by atoms with van der Waals surface area (Å²) >= 11 is 6.25. The highest BCUT2D eigenvalue weighted by Gasteiger charge is 2.45. The fourth-order valence-corrected chi connectivity index (χ4v) is 8.97. The lowest BCUT2D eigenvalue weighted by molar-refractivity contribution is -0.140. The Morgan fingerprint density at radius 1 is 1.08 bits per heavy atom. The molecule has 0 radical (unpaired) electrons. The molecule has 2 aromatic rings. The summed E-state index contributed by atoms with van der Waals surface area (Å²) in [4.78, 5) is 74.1. The Morgan fingerprint density at radius 2 is 1.83 bits per heavy atom. The summed E-state index contributed by atoms with van der Waals surface area (Å²) in [6.07, 6.45) is 6.09. The van der Waals surface area contributed by atoms with Crippen molar-refractivity contribution < 1.29 is 37.1 Å². The fourth-order valence-electron chi connectivity index (χ4n) is 7.47. The lowest BCUT2D eigenvalue weighted by Gasteiger charge is -2.29. The molecule has 3 heterocycles. The van der Waals surface area contributed by atoms with E-state index in [0.29, 0.717) is 41.7 Å². The van der Waals surface area contributed by atoms with Gasteiger partial charge in [-0.1, -0.05) is 37.4 Å². The molecule has 7 atom stereocenters. The van der Waals surface area contributed by atoms with Crippen LogP contribution >= 0.6 is 11.6 Å². The van der Waals surface area contributed by atoms with Crippen LogP contribution in [0.1, 0.15) is 78.1 Å². The number of carbonyl (C=O) groups is 4. The zero-order valence-corrected chi connectivity index (χ0v) is 31.5. The Kier molecular flexibility index (Phi) is 11.7. The predicted octanol–water partition coefficient (Wildman–Crippen LogP) is 3.17. The number of carbonyl (C=O) groups excluding carboxylic acids is 4. The van der Waals surface area contributed by atoms with Crippen LogP contribution in [0.5, 0.6) is 6.01 Å². The van der Waals surface area contributed by atoms with E-state index in [1.165, 1.54) is 22.5 Å². The zero-order valence-electron chi connectivity index (χ0n) is 29.9. The summed E-state index contributed by atoms with van der Waals surface area (Å²) in [5.74, 6) is -2.79. The second kappa shape index (κ2) is 16.0. The van der Waals surface area contributed by atoms with Crippen LogP contribution in [0, 0.1) is 11.8 Å². The molecule has 4 aliphatic rings. The highest BCUT2D eigenvalue weighted by molar-refractivity contribution is 7.90. The summed E-state index contributed by atoms with van der Waals surface area (Å²) in [5.41, 5.74) is 0.0124. The van der Waals surface area contributed by atoms with Gasteiger partial charge in [0.2, 0.25) is 21.8 Å². The number of rotatable bonds is 7. The van der Waals surface area contributed by atoms with Crippen molar-refractivity contribution in [1.82, 2.24) is 29.8 Å². The molecule has 2 aliphatic carbocycles. The highest BCUT2D eigenvalue weighted by Crippen LogP contribution is 2.33. The molecule has 6 rings (SSSR count). The summed E-state index contributed by atoms with van der Waals surface area (Å²) in [6.45, 7) is 6.98. The maximum atomic E-state index is 14.1. The molecule has 53 heavy (non-hydrogen) atoms. The van der Waals surface area contributed by atoms with Crippen molar-refractivity contribution >= 4 is 56.3 Å². The van der Waals surface area contributed by atoms with Gasteiger partial charge in [-0.2, -0.15) is 4.98 Å². The summed E-state index contributed by atoms with van der Waals surface area (Å²) in [6, 6.07) is 1.16. The lowest BCUT2D eigenvalue weighted by atomic mass is 9.98. The van der Waals surface area contributed by atoms with Crippen molar-refractivity contribution in [3.8, 4) is 6.01 Å². The number of nitrogens with one attached hydrogen (secondary N) is 3. The fraction of sp³-hybridized carbons (Fsp3) is 0.611. The molecule has 2 aliphatic heterocycles. The number of fused-ring (bicyclic) bond motifs is 5. The van der Waals surface area contributed by atoms with Crippen molar-refractivity contribution in [3.63, 3.8) is 0 Å². The van der Waals surface area contributed by atoms with Crippen LogP contribution in [-0.2, 0) is 35.7 Å². The van der Waals surface area contributed by atoms with Crippen LogP contribution in [0.15, 0.2) is 35.6 Å². The van der Waals surface area contributed by atoms with Gasteiger partial charge in [-0.3, -0.25) is 28.5 Å². The van der Waals surface area contributed by atoms with E-state index in [4.69, 9.17) is 21.1 Å². The number of amides is 4. The summed E-state index contributed by atoms with van der Waals surface area (Å²) < 4.78 is 40.9. The molecule has 0 spiro atoms. The smallest absolute Gasteiger partial charge is 0.408 e. The van der Waals surface area contributed by atoms with Gasteiger partial charge in [0, 0.05) is 23.9 Å². The van der Waals surface area contributed by atoms with Gasteiger partial charge >= 0.3 is 6.09 Å². The third-order valence-corrected chi connectivity index (χ3v) is 12.8. The summed E-state index contributed by atoms with van der Waals surface area (Å²) in [7, 11) is -3.92. The van der Waals surface area contributed by atoms with Crippen LogP contribution in [0.2, 0.25) is 5.02 Å². The Balaban J connectivity index is 1.32. The molecule has 2 saturated carbocycles. The number of halogens is 1. The van der Waals surface area contributed by atoms with Gasteiger partial charge in [-0.25, -0.2) is 13.2 Å². The largest absolute Gasteiger partial charge is 0.459 e. The minimum absolute atomic E-state index is 0.0118. The van der Waals surface area contributed by atoms with E-state index in [1.54, 1.807) is 25.1 Å². The number of hydrogen-bond donors (Lipinski definition) is 3. The maximum Gasteiger partial charge on any atom is 0.408 e. The van der Waals surface area contributed by atoms with Crippen LogP contribution in [0.25, 0.3) is 10.9 Å². The first-order chi connectivity index (χ1) is 25.2. The quantitative estimate of drug-likeness (QED) is 0.352. The van der Waals surface area contributed by atoms with Gasteiger partial charge in [0.15, 0.2) is 0 Å². The predicted molar refractivity (Wildman–Crippen MR) is 196 cm³/mol. The molecule has 1 saturated heterocycles. The minimum Gasteiger partial charge on any atom is -0.459 e. The molecule has 1 aromatic heterocycles. The molecule has 1 unspecified atom stereocenters. The molecule has 15 nitrogen and oxygen atoms in total. The average molecular weight is 775 g/mol. The first-order valence-electron chi connectivity index (χ1n) is 18.4. The first kappa shape index (κ1) is 38.5. The molecule has 17 heteroatoms. The lowest BCUT2D eigenvalue weighted by Crippen LogP contribution is -2.57. The number of benzene rings is 1. The Labute approximate surface area is 313 Å². The minimum atomic E-state index is -3.92. The molecule has 3 N–H and O–H groups in total. The van der Waals surface area contributed by atoms with Crippen LogP contribution in [0.4, 0.5) is 4.79 Å². The standard InChI is InChI=1S/C36H47ClN6O9S/c1-4-20(2)30(32(45)41-53(49,50)25-13-14-25)40-31(44)28-18-24-19-43(28)33(46)21(3)38-36(48)52-29-11-8-10-22(29)9-6-5-7-16-42-34(47)26-15-12-23(37)17-27(26)39-35(42)51-24/h4,12,15,17,20-22,24-25,28-30H,1,5-11,13-14,16,18-19H2,2-3H3,(H,38,48)(H,40,44)(H,41,45)/t20-,21-,22+,24+,28-,29+,30?/m0/s1. The molecular weight excluding hydrogens is 728 g/mol. The molecule has 3 fully saturated rings. The Morgan fingerprint density at radius 3 is 2.57 bits per heavy atom. The molecule has 1 aromatic carbocycles. The summed E-state index contributed by atoms with van der Waals surface area (Å²) in [5, 5.41) is 5.35. The molecule has 4 amide bonds. The van der Waals surface area contributed by atoms with E-state index in [1.807, 2.05) is 0 Å². The zero-order chi connectivity index (χ0) is 38.0. The number of ether oxygens (including phenoxy) is 2. The molecule has 288 valence electrons. The molecular formula is C36H47ClN6O9S. The highest BCUT2D eigenvalue weighted by atomic mass is 35.5. The van der Waals surface area contributed by atoms with Crippen molar-refractivity contribution in [2.45, 2.75) is 120 Å². The van der Waals surface area contributed by atoms with Crippen LogP contribution in [-0.4, -0.2) is 88.8 Å². The second-order valence-electron chi connectivity index (χ2n) is 14.6. The van der Waals surface area contributed by atoms with Gasteiger partial charge < -0.3 is 25.0 Å². The van der Waals surface area contributed by atoms with Crippen molar-refractivity contribution in [2.75, 3.05) is 6.54 Å². The van der Waals surface area contributed by atoms with Gasteiger partial charge in [0.05, 0.1) is 22.7 Å². The van der Waals surface area contributed by atoms with Gasteiger partial charge in [0.1, 0.15) is 30.3 Å². The van der Waals surface area contributed by atoms with E-state index < -0.39 is 69.2 Å². The number of nitrogens with zero attached hydrogens (tertiary/aromatic N) is 3.